The summed E-state index contributed by atoms with van der Waals surface area (Å²) in [6.07, 6.45) is 1.42. The molecule has 0 bridgehead atoms. The third kappa shape index (κ3) is 2.87. The second kappa shape index (κ2) is 6.51. The van der Waals surface area contributed by atoms with Crippen LogP contribution in [0, 0.1) is 0 Å². The molecular formula is C14H18ClN5O3. The van der Waals surface area contributed by atoms with E-state index in [1.807, 2.05) is 0 Å². The number of pyridine rings is 1. The fourth-order valence-electron chi connectivity index (χ4n) is 2.63. The summed E-state index contributed by atoms with van der Waals surface area (Å²) >= 11 is 0. The fourth-order valence-corrected chi connectivity index (χ4v) is 2.63. The Bertz CT molecular complexity index is 867. The summed E-state index contributed by atoms with van der Waals surface area (Å²) in [5, 5.41) is 3.45. The number of hydrogen-bond acceptors (Lipinski definition) is 5. The SMILES string of the molecule is Cl.Cn1c(=O)c2cc(C(=O)N3CCNCC3)cnc2n(C)c1=O. The van der Waals surface area contributed by atoms with Crippen molar-refractivity contribution in [3.05, 3.63) is 38.7 Å². The molecule has 0 unspecified atom stereocenters. The van der Waals surface area contributed by atoms with Crippen LogP contribution in [0.25, 0.3) is 11.0 Å². The molecule has 2 aromatic heterocycles. The van der Waals surface area contributed by atoms with Crippen molar-refractivity contribution in [1.29, 1.82) is 0 Å². The molecule has 2 aromatic rings. The summed E-state index contributed by atoms with van der Waals surface area (Å²) in [4.78, 5) is 42.4. The average Bonchev–Trinajstić information content (AvgIpc) is 2.57. The molecule has 0 saturated carbocycles. The van der Waals surface area contributed by atoms with Crippen molar-refractivity contribution in [3.8, 4) is 0 Å². The van der Waals surface area contributed by atoms with Crippen molar-refractivity contribution >= 4 is 29.3 Å². The van der Waals surface area contributed by atoms with Gasteiger partial charge in [-0.3, -0.25) is 18.7 Å². The molecule has 1 fully saturated rings. The zero-order valence-corrected chi connectivity index (χ0v) is 13.7. The highest BCUT2D eigenvalue weighted by Crippen LogP contribution is 2.10. The van der Waals surface area contributed by atoms with Crippen LogP contribution in [-0.2, 0) is 14.1 Å². The number of halogens is 1. The van der Waals surface area contributed by atoms with E-state index in [1.54, 1.807) is 11.9 Å². The molecule has 1 aliphatic heterocycles. The van der Waals surface area contributed by atoms with Crippen molar-refractivity contribution < 1.29 is 4.79 Å². The quantitative estimate of drug-likeness (QED) is 0.727. The molecule has 3 heterocycles. The molecule has 124 valence electrons. The predicted octanol–water partition coefficient (Wildman–Crippen LogP) is -0.901. The summed E-state index contributed by atoms with van der Waals surface area (Å²) < 4.78 is 2.32. The van der Waals surface area contributed by atoms with Gasteiger partial charge >= 0.3 is 5.69 Å². The molecule has 3 rings (SSSR count). The molecular weight excluding hydrogens is 322 g/mol. The van der Waals surface area contributed by atoms with E-state index < -0.39 is 11.2 Å². The molecule has 1 amide bonds. The van der Waals surface area contributed by atoms with Gasteiger partial charge in [0.05, 0.1) is 10.9 Å². The molecule has 9 heteroatoms. The minimum absolute atomic E-state index is 0. The van der Waals surface area contributed by atoms with Gasteiger partial charge in [0, 0.05) is 46.5 Å². The van der Waals surface area contributed by atoms with Crippen LogP contribution in [0.5, 0.6) is 0 Å². The van der Waals surface area contributed by atoms with E-state index in [0.29, 0.717) is 18.7 Å². The second-order valence-electron chi connectivity index (χ2n) is 5.34. The third-order valence-electron chi connectivity index (χ3n) is 3.94. The van der Waals surface area contributed by atoms with Gasteiger partial charge in [0.25, 0.3) is 11.5 Å². The number of hydrogen-bond donors (Lipinski definition) is 1. The van der Waals surface area contributed by atoms with Gasteiger partial charge in [-0.2, -0.15) is 0 Å². The zero-order chi connectivity index (χ0) is 15.9. The summed E-state index contributed by atoms with van der Waals surface area (Å²) in [5.74, 6) is -0.146. The van der Waals surface area contributed by atoms with Gasteiger partial charge in [0.15, 0.2) is 0 Å². The number of aryl methyl sites for hydroxylation is 1. The molecule has 8 nitrogen and oxygen atoms in total. The maximum absolute atomic E-state index is 12.5. The van der Waals surface area contributed by atoms with Gasteiger partial charge in [-0.25, -0.2) is 9.78 Å². The lowest BCUT2D eigenvalue weighted by Crippen LogP contribution is -2.46. The summed E-state index contributed by atoms with van der Waals surface area (Å²) in [7, 11) is 2.96. The van der Waals surface area contributed by atoms with Crippen LogP contribution in [0.2, 0.25) is 0 Å². The Morgan fingerprint density at radius 2 is 1.83 bits per heavy atom. The fraction of sp³-hybridized carbons (Fsp3) is 0.429. The Balaban J connectivity index is 0.00000192. The first kappa shape index (κ1) is 17.2. The highest BCUT2D eigenvalue weighted by molar-refractivity contribution is 5.96. The first-order valence-electron chi connectivity index (χ1n) is 7.06. The number of aromatic nitrogens is 3. The maximum Gasteiger partial charge on any atom is 0.332 e. The van der Waals surface area contributed by atoms with Crippen LogP contribution >= 0.6 is 12.4 Å². The van der Waals surface area contributed by atoms with Crippen LogP contribution in [0.3, 0.4) is 0 Å². The number of nitrogens with one attached hydrogen (secondary N) is 1. The highest BCUT2D eigenvalue weighted by Gasteiger charge is 2.20. The van der Waals surface area contributed by atoms with Crippen molar-refractivity contribution in [3.63, 3.8) is 0 Å². The molecule has 0 atom stereocenters. The first-order chi connectivity index (χ1) is 10.5. The average molecular weight is 340 g/mol. The summed E-state index contributed by atoms with van der Waals surface area (Å²) in [6.45, 7) is 2.76. The minimum atomic E-state index is -0.444. The predicted molar refractivity (Wildman–Crippen MR) is 88.2 cm³/mol. The molecule has 23 heavy (non-hydrogen) atoms. The number of rotatable bonds is 1. The van der Waals surface area contributed by atoms with Crippen LogP contribution in [0.15, 0.2) is 21.9 Å². The van der Waals surface area contributed by atoms with Gasteiger partial charge in [0.2, 0.25) is 0 Å². The monoisotopic (exact) mass is 339 g/mol. The lowest BCUT2D eigenvalue weighted by molar-refractivity contribution is 0.0735. The van der Waals surface area contributed by atoms with Gasteiger partial charge in [0.1, 0.15) is 5.65 Å². The molecule has 1 N–H and O–H groups in total. The van der Waals surface area contributed by atoms with E-state index in [1.165, 1.54) is 23.9 Å². The summed E-state index contributed by atoms with van der Waals surface area (Å²) in [5.41, 5.74) is -0.234. The largest absolute Gasteiger partial charge is 0.336 e. The zero-order valence-electron chi connectivity index (χ0n) is 12.9. The number of carbonyl (C=O) groups is 1. The highest BCUT2D eigenvalue weighted by atomic mass is 35.5. The molecule has 0 spiro atoms. The van der Waals surface area contributed by atoms with E-state index in [9.17, 15) is 14.4 Å². The Morgan fingerprint density at radius 1 is 1.17 bits per heavy atom. The van der Waals surface area contributed by atoms with E-state index in [-0.39, 0.29) is 29.3 Å². The van der Waals surface area contributed by atoms with Gasteiger partial charge < -0.3 is 10.2 Å². The molecule has 1 saturated heterocycles. The van der Waals surface area contributed by atoms with Crippen LogP contribution < -0.4 is 16.6 Å². The smallest absolute Gasteiger partial charge is 0.332 e. The number of nitrogens with zero attached hydrogens (tertiary/aromatic N) is 4. The Kier molecular flexibility index (Phi) is 4.86. The van der Waals surface area contributed by atoms with Crippen molar-refractivity contribution in [2.24, 2.45) is 14.1 Å². The van der Waals surface area contributed by atoms with Crippen LogP contribution in [0.1, 0.15) is 10.4 Å². The van der Waals surface area contributed by atoms with Crippen LogP contribution in [-0.4, -0.2) is 51.1 Å². The van der Waals surface area contributed by atoms with E-state index in [2.05, 4.69) is 10.3 Å². The minimum Gasteiger partial charge on any atom is -0.336 e. The normalized spacial score (nSPS) is 14.6. The standard InChI is InChI=1S/C14H17N5O3.ClH/c1-17-11-10(13(21)18(2)14(17)22)7-9(8-16-11)12(20)19-5-3-15-4-6-19;/h7-8,15H,3-6H2,1-2H3;1H. The Labute approximate surface area is 138 Å². The van der Waals surface area contributed by atoms with E-state index in [4.69, 9.17) is 0 Å². The van der Waals surface area contributed by atoms with Gasteiger partial charge in [-0.15, -0.1) is 12.4 Å². The molecule has 0 radical (unpaired) electrons. The molecule has 1 aliphatic rings. The van der Waals surface area contributed by atoms with E-state index >= 15 is 0 Å². The van der Waals surface area contributed by atoms with Crippen LogP contribution in [0.4, 0.5) is 0 Å². The first-order valence-corrected chi connectivity index (χ1v) is 7.06. The molecule has 0 aliphatic carbocycles. The van der Waals surface area contributed by atoms with Gasteiger partial charge in [-0.05, 0) is 6.07 Å². The Hall–Kier alpha value is -2.19. The number of amides is 1. The van der Waals surface area contributed by atoms with Crippen molar-refractivity contribution in [2.45, 2.75) is 0 Å². The number of fused-ring (bicyclic) bond motifs is 1. The van der Waals surface area contributed by atoms with Crippen molar-refractivity contribution in [2.75, 3.05) is 26.2 Å². The van der Waals surface area contributed by atoms with E-state index in [0.717, 1.165) is 17.7 Å². The number of piperazine rings is 1. The Morgan fingerprint density at radius 3 is 2.48 bits per heavy atom. The lowest BCUT2D eigenvalue weighted by atomic mass is 10.2. The topological polar surface area (TPSA) is 89.2 Å². The maximum atomic E-state index is 12.5. The number of carbonyl (C=O) groups excluding carboxylic acids is 1. The van der Waals surface area contributed by atoms with Crippen molar-refractivity contribution in [1.82, 2.24) is 24.3 Å². The third-order valence-corrected chi connectivity index (χ3v) is 3.94. The molecule has 0 aromatic carbocycles. The lowest BCUT2D eigenvalue weighted by Gasteiger charge is -2.27. The summed E-state index contributed by atoms with van der Waals surface area (Å²) in [6, 6.07) is 1.52. The second-order valence-corrected chi connectivity index (χ2v) is 5.34. The van der Waals surface area contributed by atoms with Gasteiger partial charge in [-0.1, -0.05) is 0 Å².